The van der Waals surface area contributed by atoms with Gasteiger partial charge in [0.15, 0.2) is 0 Å². The summed E-state index contributed by atoms with van der Waals surface area (Å²) in [5, 5.41) is 4.73. The number of aromatic nitrogens is 1. The fourth-order valence-electron chi connectivity index (χ4n) is 4.21. The van der Waals surface area contributed by atoms with Crippen molar-refractivity contribution >= 4 is 11.0 Å². The minimum absolute atomic E-state index is 0.841. The maximum Gasteiger partial charge on any atom is 0.139 e. The summed E-state index contributed by atoms with van der Waals surface area (Å²) in [7, 11) is 4.21. The van der Waals surface area contributed by atoms with Crippen molar-refractivity contribution in [2.24, 2.45) is 5.92 Å². The van der Waals surface area contributed by atoms with Gasteiger partial charge in [-0.3, -0.25) is 4.98 Å². The molecule has 27 heavy (non-hydrogen) atoms. The van der Waals surface area contributed by atoms with Gasteiger partial charge in [-0.05, 0) is 87.6 Å². The summed E-state index contributed by atoms with van der Waals surface area (Å²) in [6.45, 7) is 3.19. The lowest BCUT2D eigenvalue weighted by Gasteiger charge is -2.22. The van der Waals surface area contributed by atoms with E-state index in [9.17, 15) is 0 Å². The van der Waals surface area contributed by atoms with Crippen molar-refractivity contribution in [1.82, 2.24) is 15.2 Å². The maximum absolute atomic E-state index is 6.13. The van der Waals surface area contributed by atoms with E-state index < -0.39 is 0 Å². The average molecular weight is 364 g/mol. The predicted molar refractivity (Wildman–Crippen MR) is 111 cm³/mol. The number of piperidine rings is 1. The van der Waals surface area contributed by atoms with Crippen LogP contribution in [-0.2, 0) is 13.0 Å². The Hall–Kier alpha value is -2.17. The van der Waals surface area contributed by atoms with Crippen LogP contribution in [0.25, 0.3) is 22.1 Å². The van der Waals surface area contributed by atoms with Crippen LogP contribution in [0.15, 0.2) is 47.3 Å². The van der Waals surface area contributed by atoms with E-state index >= 15 is 0 Å². The first kappa shape index (κ1) is 18.2. The number of hydrogen-bond acceptors (Lipinski definition) is 4. The molecule has 1 aromatic carbocycles. The lowest BCUT2D eigenvalue weighted by molar-refractivity contribution is 0.354. The molecule has 4 rings (SSSR count). The van der Waals surface area contributed by atoms with Crippen LogP contribution in [0.3, 0.4) is 0 Å². The molecule has 0 saturated carbocycles. The van der Waals surface area contributed by atoms with Gasteiger partial charge in [0, 0.05) is 29.9 Å². The van der Waals surface area contributed by atoms with Crippen molar-refractivity contribution in [3.05, 3.63) is 54.0 Å². The predicted octanol–water partition coefficient (Wildman–Crippen LogP) is 4.49. The number of hydrogen-bond donors (Lipinski definition) is 1. The normalized spacial score (nSPS) is 15.7. The molecule has 1 aliphatic rings. The van der Waals surface area contributed by atoms with Crippen LogP contribution >= 0.6 is 0 Å². The van der Waals surface area contributed by atoms with E-state index in [4.69, 9.17) is 4.42 Å². The molecule has 1 N–H and O–H groups in total. The van der Waals surface area contributed by atoms with Gasteiger partial charge < -0.3 is 14.6 Å². The molecule has 4 heteroatoms. The fourth-order valence-corrected chi connectivity index (χ4v) is 4.21. The van der Waals surface area contributed by atoms with Gasteiger partial charge in [0.25, 0.3) is 0 Å². The third-order valence-electron chi connectivity index (χ3n) is 5.67. The largest absolute Gasteiger partial charge is 0.464 e. The molecule has 1 aliphatic heterocycles. The molecule has 0 aliphatic carbocycles. The zero-order valence-corrected chi connectivity index (χ0v) is 16.4. The van der Waals surface area contributed by atoms with Crippen LogP contribution < -0.4 is 5.32 Å². The molecular weight excluding hydrogens is 334 g/mol. The maximum atomic E-state index is 6.13. The van der Waals surface area contributed by atoms with E-state index in [1.165, 1.54) is 60.0 Å². The summed E-state index contributed by atoms with van der Waals surface area (Å²) in [5.41, 5.74) is 6.08. The van der Waals surface area contributed by atoms with Crippen molar-refractivity contribution in [3.8, 4) is 11.1 Å². The molecule has 1 saturated heterocycles. The van der Waals surface area contributed by atoms with E-state index in [1.54, 1.807) is 0 Å². The first-order chi connectivity index (χ1) is 13.2. The minimum atomic E-state index is 0.841. The third kappa shape index (κ3) is 4.07. The molecular formula is C23H29N3O. The molecule has 4 nitrogen and oxygen atoms in total. The first-order valence-corrected chi connectivity index (χ1v) is 10.00. The zero-order chi connectivity index (χ0) is 18.6. The Kier molecular flexibility index (Phi) is 5.55. The lowest BCUT2D eigenvalue weighted by Crippen LogP contribution is -2.27. The van der Waals surface area contributed by atoms with E-state index in [-0.39, 0.29) is 0 Å². The van der Waals surface area contributed by atoms with E-state index in [1.807, 2.05) is 18.7 Å². The summed E-state index contributed by atoms with van der Waals surface area (Å²) < 4.78 is 6.13. The van der Waals surface area contributed by atoms with Gasteiger partial charge in [-0.1, -0.05) is 12.1 Å². The molecule has 3 heterocycles. The monoisotopic (exact) mass is 363 g/mol. The highest BCUT2D eigenvalue weighted by Gasteiger charge is 2.18. The van der Waals surface area contributed by atoms with E-state index in [2.05, 4.69) is 53.6 Å². The summed E-state index contributed by atoms with van der Waals surface area (Å²) in [4.78, 5) is 6.36. The molecule has 3 aromatic rings. The molecule has 0 atom stereocenters. The first-order valence-electron chi connectivity index (χ1n) is 10.00. The number of furan rings is 1. The van der Waals surface area contributed by atoms with Crippen LogP contribution in [0, 0.1) is 5.92 Å². The molecule has 142 valence electrons. The average Bonchev–Trinajstić information content (AvgIpc) is 3.11. The summed E-state index contributed by atoms with van der Waals surface area (Å²) >= 11 is 0. The van der Waals surface area contributed by atoms with Gasteiger partial charge in [0.2, 0.25) is 0 Å². The number of fused-ring (bicyclic) bond motifs is 1. The van der Waals surface area contributed by atoms with Gasteiger partial charge in [0.1, 0.15) is 5.58 Å². The van der Waals surface area contributed by atoms with Gasteiger partial charge in [0.05, 0.1) is 6.26 Å². The Labute approximate surface area is 161 Å². The molecule has 0 radical (unpaired) electrons. The number of nitrogens with one attached hydrogen (secondary N) is 1. The van der Waals surface area contributed by atoms with Crippen LogP contribution in [0.5, 0.6) is 0 Å². The Morgan fingerprint density at radius 3 is 2.63 bits per heavy atom. The SMILES string of the molecule is CN(C)Cc1c(-c2ccncc2)ccc2c(CCC3CCNCC3)coc12. The molecule has 1 fully saturated rings. The quantitative estimate of drug-likeness (QED) is 0.701. The lowest BCUT2D eigenvalue weighted by atomic mass is 9.90. The highest BCUT2D eigenvalue weighted by molar-refractivity contribution is 5.90. The Balaban J connectivity index is 1.66. The van der Waals surface area contributed by atoms with Crippen LogP contribution in [-0.4, -0.2) is 37.1 Å². The summed E-state index contributed by atoms with van der Waals surface area (Å²) in [6.07, 6.45) is 10.7. The minimum Gasteiger partial charge on any atom is -0.464 e. The van der Waals surface area contributed by atoms with Crippen LogP contribution in [0.4, 0.5) is 0 Å². The fraction of sp³-hybridized carbons (Fsp3) is 0.435. The topological polar surface area (TPSA) is 41.3 Å². The highest BCUT2D eigenvalue weighted by atomic mass is 16.3. The number of pyridine rings is 1. The standard InChI is InChI=1S/C23H29N3O/c1-26(2)15-22-20(18-9-13-25-14-10-18)5-6-21-19(16-27-23(21)22)4-3-17-7-11-24-12-8-17/h5-6,9-10,13-14,16-17,24H,3-4,7-8,11-12,15H2,1-2H3. The highest BCUT2D eigenvalue weighted by Crippen LogP contribution is 2.34. The van der Waals surface area contributed by atoms with Crippen molar-refractivity contribution in [3.63, 3.8) is 0 Å². The van der Waals surface area contributed by atoms with Crippen molar-refractivity contribution in [2.45, 2.75) is 32.2 Å². The Morgan fingerprint density at radius 1 is 1.11 bits per heavy atom. The molecule has 0 bridgehead atoms. The molecule has 0 spiro atoms. The third-order valence-corrected chi connectivity index (χ3v) is 5.67. The van der Waals surface area contributed by atoms with E-state index in [0.717, 1.165) is 24.5 Å². The molecule has 2 aromatic heterocycles. The number of nitrogens with zero attached hydrogens (tertiary/aromatic N) is 2. The van der Waals surface area contributed by atoms with Gasteiger partial charge in [-0.2, -0.15) is 0 Å². The number of rotatable bonds is 6. The van der Waals surface area contributed by atoms with Crippen LogP contribution in [0.1, 0.15) is 30.4 Å². The molecule has 0 amide bonds. The second-order valence-electron chi connectivity index (χ2n) is 7.94. The van der Waals surface area contributed by atoms with Crippen molar-refractivity contribution in [2.75, 3.05) is 27.2 Å². The Morgan fingerprint density at radius 2 is 1.89 bits per heavy atom. The van der Waals surface area contributed by atoms with Gasteiger partial charge in [-0.15, -0.1) is 0 Å². The van der Waals surface area contributed by atoms with Crippen molar-refractivity contribution in [1.29, 1.82) is 0 Å². The second-order valence-corrected chi connectivity index (χ2v) is 7.94. The molecule has 0 unspecified atom stereocenters. The van der Waals surface area contributed by atoms with Crippen molar-refractivity contribution < 1.29 is 4.42 Å². The van der Waals surface area contributed by atoms with Crippen LogP contribution in [0.2, 0.25) is 0 Å². The Bertz CT molecular complexity index is 879. The van der Waals surface area contributed by atoms with Gasteiger partial charge >= 0.3 is 0 Å². The number of aryl methyl sites for hydroxylation is 1. The summed E-state index contributed by atoms with van der Waals surface area (Å²) in [6, 6.07) is 8.63. The van der Waals surface area contributed by atoms with Gasteiger partial charge in [-0.25, -0.2) is 0 Å². The number of benzene rings is 1. The smallest absolute Gasteiger partial charge is 0.139 e. The summed E-state index contributed by atoms with van der Waals surface area (Å²) in [5.74, 6) is 0.841. The zero-order valence-electron chi connectivity index (χ0n) is 16.4. The van der Waals surface area contributed by atoms with E-state index in [0.29, 0.717) is 0 Å². The second kappa shape index (κ2) is 8.24.